The van der Waals surface area contributed by atoms with Crippen LogP contribution in [-0.4, -0.2) is 40.3 Å². The molecule has 3 N–H and O–H groups in total. The van der Waals surface area contributed by atoms with Gasteiger partial charge in [0, 0.05) is 4.47 Å². The molecule has 0 fully saturated rings. The van der Waals surface area contributed by atoms with E-state index in [4.69, 9.17) is 9.84 Å². The van der Waals surface area contributed by atoms with Gasteiger partial charge in [-0.3, -0.25) is 4.79 Å². The molecular weight excluding hydrogens is 342 g/mol. The number of rotatable bonds is 6. The third kappa shape index (κ3) is 5.02. The van der Waals surface area contributed by atoms with E-state index < -0.39 is 24.0 Å². The van der Waals surface area contributed by atoms with Gasteiger partial charge >= 0.3 is 5.97 Å². The number of ether oxygens (including phenoxy) is 1. The van der Waals surface area contributed by atoms with Crippen LogP contribution in [0.3, 0.4) is 0 Å². The van der Waals surface area contributed by atoms with Gasteiger partial charge in [0.05, 0.1) is 18.2 Å². The minimum atomic E-state index is -2.02. The second-order valence-corrected chi connectivity index (χ2v) is 5.98. The van der Waals surface area contributed by atoms with Crippen molar-refractivity contribution in [3.05, 3.63) is 28.2 Å². The van der Waals surface area contributed by atoms with Gasteiger partial charge in [-0.25, -0.2) is 4.79 Å². The Morgan fingerprint density at radius 3 is 2.57 bits per heavy atom. The van der Waals surface area contributed by atoms with Gasteiger partial charge in [-0.1, -0.05) is 15.9 Å². The summed E-state index contributed by atoms with van der Waals surface area (Å²) in [6, 6.07) is 4.90. The van der Waals surface area contributed by atoms with E-state index in [-0.39, 0.29) is 11.7 Å². The van der Waals surface area contributed by atoms with Crippen LogP contribution >= 0.6 is 15.9 Å². The minimum absolute atomic E-state index is 0.118. The lowest BCUT2D eigenvalue weighted by Crippen LogP contribution is -2.46. The highest BCUT2D eigenvalue weighted by atomic mass is 79.9. The average Bonchev–Trinajstić information content (AvgIpc) is 2.35. The summed E-state index contributed by atoms with van der Waals surface area (Å²) in [7, 11) is 0. The highest BCUT2D eigenvalue weighted by molar-refractivity contribution is 9.10. The Morgan fingerprint density at radius 2 is 2.05 bits per heavy atom. The average molecular weight is 360 g/mol. The quantitative estimate of drug-likeness (QED) is 0.719. The van der Waals surface area contributed by atoms with Crippen molar-refractivity contribution in [3.8, 4) is 5.75 Å². The normalized spacial score (nSPS) is 13.6. The third-order valence-corrected chi connectivity index (χ3v) is 3.10. The van der Waals surface area contributed by atoms with Gasteiger partial charge in [0.2, 0.25) is 0 Å². The zero-order valence-corrected chi connectivity index (χ0v) is 13.6. The Balaban J connectivity index is 2.90. The van der Waals surface area contributed by atoms with Gasteiger partial charge in [-0.05, 0) is 39.0 Å². The zero-order valence-electron chi connectivity index (χ0n) is 12.0. The van der Waals surface area contributed by atoms with Crippen LogP contribution in [0, 0.1) is 0 Å². The molecule has 0 saturated heterocycles. The van der Waals surface area contributed by atoms with Crippen molar-refractivity contribution in [1.29, 1.82) is 0 Å². The summed E-state index contributed by atoms with van der Waals surface area (Å²) in [5, 5.41) is 20.8. The lowest BCUT2D eigenvalue weighted by atomic mass is 10.1. The number of aliphatic hydroxyl groups is 1. The molecule has 0 aliphatic heterocycles. The highest BCUT2D eigenvalue weighted by Crippen LogP contribution is 2.25. The van der Waals surface area contributed by atoms with E-state index in [1.165, 1.54) is 0 Å². The molecule has 1 atom stereocenters. The summed E-state index contributed by atoms with van der Waals surface area (Å²) >= 11 is 3.30. The fourth-order valence-electron chi connectivity index (χ4n) is 1.46. The van der Waals surface area contributed by atoms with E-state index in [0.29, 0.717) is 5.75 Å². The maximum absolute atomic E-state index is 12.1. The Kier molecular flexibility index (Phi) is 5.74. The van der Waals surface area contributed by atoms with Crippen LogP contribution in [0.5, 0.6) is 5.75 Å². The van der Waals surface area contributed by atoms with E-state index >= 15 is 0 Å². The van der Waals surface area contributed by atoms with Gasteiger partial charge in [0.1, 0.15) is 5.75 Å². The van der Waals surface area contributed by atoms with Gasteiger partial charge in [-0.15, -0.1) is 0 Å². The van der Waals surface area contributed by atoms with Crippen LogP contribution in [0.2, 0.25) is 0 Å². The Labute approximate surface area is 131 Å². The fourth-order valence-corrected chi connectivity index (χ4v) is 1.80. The molecule has 7 heteroatoms. The second-order valence-electron chi connectivity index (χ2n) is 5.07. The lowest BCUT2D eigenvalue weighted by Gasteiger charge is -2.19. The standard InChI is InChI=1S/C14H18BrNO5/c1-8(2)21-11-6-9(15)4-5-10(11)12(17)16-7-14(3,20)13(18)19/h4-6,8,20H,7H2,1-3H3,(H,16,17)(H,18,19). The van der Waals surface area contributed by atoms with E-state index in [1.807, 2.05) is 13.8 Å². The first-order valence-corrected chi connectivity index (χ1v) is 7.13. The summed E-state index contributed by atoms with van der Waals surface area (Å²) in [6.45, 7) is 4.37. The molecule has 21 heavy (non-hydrogen) atoms. The molecular formula is C14H18BrNO5. The van der Waals surface area contributed by atoms with Gasteiger partial charge < -0.3 is 20.3 Å². The van der Waals surface area contributed by atoms with Crippen molar-refractivity contribution in [3.63, 3.8) is 0 Å². The molecule has 0 spiro atoms. The molecule has 1 aromatic rings. The molecule has 6 nitrogen and oxygen atoms in total. The summed E-state index contributed by atoms with van der Waals surface area (Å²) in [6.07, 6.45) is -0.118. The first kappa shape index (κ1) is 17.5. The van der Waals surface area contributed by atoms with Crippen LogP contribution < -0.4 is 10.1 Å². The number of carboxylic acids is 1. The maximum Gasteiger partial charge on any atom is 0.337 e. The van der Waals surface area contributed by atoms with E-state index in [2.05, 4.69) is 21.2 Å². The monoisotopic (exact) mass is 359 g/mol. The van der Waals surface area contributed by atoms with Gasteiger partial charge in [0.25, 0.3) is 5.91 Å². The Hall–Kier alpha value is -1.60. The van der Waals surface area contributed by atoms with Crippen LogP contribution in [-0.2, 0) is 4.79 Å². The molecule has 1 amide bonds. The fraction of sp³-hybridized carbons (Fsp3) is 0.429. The molecule has 0 heterocycles. The zero-order chi connectivity index (χ0) is 16.2. The number of carbonyl (C=O) groups is 2. The summed E-state index contributed by atoms with van der Waals surface area (Å²) in [5.74, 6) is -1.54. The van der Waals surface area contributed by atoms with Crippen molar-refractivity contribution in [2.45, 2.75) is 32.5 Å². The van der Waals surface area contributed by atoms with Crippen LogP contribution in [0.25, 0.3) is 0 Å². The first-order valence-electron chi connectivity index (χ1n) is 6.33. The molecule has 1 aromatic carbocycles. The number of halogens is 1. The van der Waals surface area contributed by atoms with Crippen LogP contribution in [0.1, 0.15) is 31.1 Å². The minimum Gasteiger partial charge on any atom is -0.490 e. The molecule has 0 aromatic heterocycles. The van der Waals surface area contributed by atoms with Gasteiger partial charge in [0.15, 0.2) is 5.60 Å². The molecule has 0 aliphatic carbocycles. The van der Waals surface area contributed by atoms with Crippen LogP contribution in [0.4, 0.5) is 0 Å². The highest BCUT2D eigenvalue weighted by Gasteiger charge is 2.30. The Morgan fingerprint density at radius 1 is 1.43 bits per heavy atom. The van der Waals surface area contributed by atoms with Crippen LogP contribution in [0.15, 0.2) is 22.7 Å². The molecule has 0 bridgehead atoms. The molecule has 0 saturated carbocycles. The van der Waals surface area contributed by atoms with Crippen molar-refractivity contribution in [1.82, 2.24) is 5.32 Å². The second kappa shape index (κ2) is 6.91. The third-order valence-electron chi connectivity index (χ3n) is 2.60. The number of aliphatic carboxylic acids is 1. The number of hydrogen-bond donors (Lipinski definition) is 3. The predicted octanol–water partition coefficient (Wildman–Crippen LogP) is 1.80. The largest absolute Gasteiger partial charge is 0.490 e. The molecule has 0 radical (unpaired) electrons. The van der Waals surface area contributed by atoms with Crippen molar-refractivity contribution in [2.75, 3.05) is 6.54 Å². The molecule has 1 unspecified atom stereocenters. The van der Waals surface area contributed by atoms with Crippen molar-refractivity contribution in [2.24, 2.45) is 0 Å². The number of benzene rings is 1. The predicted molar refractivity (Wildman–Crippen MR) is 80.5 cm³/mol. The SMILES string of the molecule is CC(C)Oc1cc(Br)ccc1C(=O)NCC(C)(O)C(=O)O. The molecule has 116 valence electrons. The maximum atomic E-state index is 12.1. The molecule has 0 aliphatic rings. The van der Waals surface area contributed by atoms with E-state index in [0.717, 1.165) is 11.4 Å². The lowest BCUT2D eigenvalue weighted by molar-refractivity contribution is -0.155. The topological polar surface area (TPSA) is 95.9 Å². The number of amides is 1. The summed E-state index contributed by atoms with van der Waals surface area (Å²) in [4.78, 5) is 22.9. The molecule has 1 rings (SSSR count). The van der Waals surface area contributed by atoms with E-state index in [9.17, 15) is 14.7 Å². The smallest absolute Gasteiger partial charge is 0.337 e. The van der Waals surface area contributed by atoms with E-state index in [1.54, 1.807) is 18.2 Å². The van der Waals surface area contributed by atoms with Gasteiger partial charge in [-0.2, -0.15) is 0 Å². The number of carboxylic acid groups (broad SMARTS) is 1. The summed E-state index contributed by atoms with van der Waals surface area (Å²) < 4.78 is 6.31. The number of hydrogen-bond acceptors (Lipinski definition) is 4. The Bertz CT molecular complexity index is 542. The van der Waals surface area contributed by atoms with Crippen molar-refractivity contribution < 1.29 is 24.5 Å². The summed E-state index contributed by atoms with van der Waals surface area (Å²) in [5.41, 5.74) is -1.75. The number of nitrogens with one attached hydrogen (secondary N) is 1. The van der Waals surface area contributed by atoms with Crippen molar-refractivity contribution >= 4 is 27.8 Å². The first-order chi connectivity index (χ1) is 9.63. The number of carbonyl (C=O) groups excluding carboxylic acids is 1.